The van der Waals surface area contributed by atoms with E-state index in [1.807, 2.05) is 54.9 Å². The van der Waals surface area contributed by atoms with Gasteiger partial charge >= 0.3 is 0 Å². The maximum Gasteiger partial charge on any atom is 0.289 e. The highest BCUT2D eigenvalue weighted by Gasteiger charge is 2.12. The van der Waals surface area contributed by atoms with Crippen molar-refractivity contribution in [3.63, 3.8) is 0 Å². The summed E-state index contributed by atoms with van der Waals surface area (Å²) in [7, 11) is 0. The molecule has 3 aromatic rings. The van der Waals surface area contributed by atoms with Crippen LogP contribution >= 0.6 is 0 Å². The Bertz CT molecular complexity index is 1100. The summed E-state index contributed by atoms with van der Waals surface area (Å²) < 4.78 is 3.10. The molecule has 130 valence electrons. The lowest BCUT2D eigenvalue weighted by Crippen LogP contribution is -2.22. The van der Waals surface area contributed by atoms with Crippen molar-refractivity contribution in [3.05, 3.63) is 80.5 Å². The molecule has 2 aromatic heterocycles. The molecule has 26 heavy (non-hydrogen) atoms. The molecule has 0 saturated carbocycles. The van der Waals surface area contributed by atoms with E-state index < -0.39 is 5.56 Å². The van der Waals surface area contributed by atoms with Crippen LogP contribution in [-0.4, -0.2) is 20.7 Å². The summed E-state index contributed by atoms with van der Waals surface area (Å²) in [5, 5.41) is 18.1. The third-order valence-corrected chi connectivity index (χ3v) is 4.32. The largest absolute Gasteiger partial charge is 0.289 e. The first-order chi connectivity index (χ1) is 12.4. The van der Waals surface area contributed by atoms with Crippen molar-refractivity contribution < 1.29 is 0 Å². The molecule has 6 nitrogen and oxygen atoms in total. The minimum absolute atomic E-state index is 0.112. The van der Waals surface area contributed by atoms with Crippen LogP contribution in [0.2, 0.25) is 0 Å². The van der Waals surface area contributed by atoms with Crippen molar-refractivity contribution in [1.29, 1.82) is 5.26 Å². The van der Waals surface area contributed by atoms with Crippen molar-refractivity contribution in [2.24, 2.45) is 5.10 Å². The maximum atomic E-state index is 12.5. The zero-order valence-corrected chi connectivity index (χ0v) is 15.2. The molecule has 0 bridgehead atoms. The number of pyridine rings is 1. The molecule has 0 aliphatic heterocycles. The van der Waals surface area contributed by atoms with E-state index in [2.05, 4.69) is 10.2 Å². The van der Waals surface area contributed by atoms with Crippen molar-refractivity contribution in [2.75, 3.05) is 0 Å². The van der Waals surface area contributed by atoms with Gasteiger partial charge in [0.2, 0.25) is 0 Å². The number of hydrogen-bond acceptors (Lipinski definition) is 4. The third kappa shape index (κ3) is 2.95. The van der Waals surface area contributed by atoms with Gasteiger partial charge in [0, 0.05) is 11.3 Å². The van der Waals surface area contributed by atoms with Crippen LogP contribution in [0.1, 0.15) is 33.8 Å². The number of rotatable bonds is 3. The average Bonchev–Trinajstić information content (AvgIpc) is 2.90. The molecule has 0 radical (unpaired) electrons. The lowest BCUT2D eigenvalue weighted by Gasteiger charge is -2.06. The van der Waals surface area contributed by atoms with Crippen LogP contribution in [0.4, 0.5) is 0 Å². The molecule has 0 saturated heterocycles. The van der Waals surface area contributed by atoms with Gasteiger partial charge in [-0.25, -0.2) is 9.36 Å². The van der Waals surface area contributed by atoms with E-state index in [1.54, 1.807) is 26.1 Å². The van der Waals surface area contributed by atoms with Crippen LogP contribution < -0.4 is 5.56 Å². The van der Waals surface area contributed by atoms with Gasteiger partial charge in [-0.2, -0.15) is 15.5 Å². The molecule has 0 fully saturated rings. The van der Waals surface area contributed by atoms with Gasteiger partial charge in [-0.1, -0.05) is 18.2 Å². The molecule has 0 N–H and O–H groups in total. The second kappa shape index (κ2) is 6.81. The minimum atomic E-state index is -0.410. The van der Waals surface area contributed by atoms with Crippen LogP contribution in [0.25, 0.3) is 5.69 Å². The maximum absolute atomic E-state index is 12.5. The van der Waals surface area contributed by atoms with Crippen molar-refractivity contribution >= 4 is 6.21 Å². The Kier molecular flexibility index (Phi) is 4.55. The van der Waals surface area contributed by atoms with Crippen LogP contribution in [-0.2, 0) is 0 Å². The number of nitriles is 1. The van der Waals surface area contributed by atoms with Gasteiger partial charge in [-0.15, -0.1) is 0 Å². The van der Waals surface area contributed by atoms with Gasteiger partial charge in [-0.3, -0.25) is 4.79 Å². The summed E-state index contributed by atoms with van der Waals surface area (Å²) >= 11 is 0. The standard InChI is InChI=1S/C20H19N5O/c1-13-10-14(2)24(20(26)18(13)11-21)22-12-19-15(3)23-25(16(19)4)17-8-6-5-7-9-17/h5-10,12H,1-4H3. The first-order valence-electron chi connectivity index (χ1n) is 8.23. The van der Waals surface area contributed by atoms with E-state index in [4.69, 9.17) is 0 Å². The Hall–Kier alpha value is -3.46. The fourth-order valence-corrected chi connectivity index (χ4v) is 2.94. The number of aryl methyl sites for hydroxylation is 3. The second-order valence-electron chi connectivity index (χ2n) is 6.15. The molecular weight excluding hydrogens is 326 g/mol. The molecule has 0 aliphatic rings. The molecule has 0 unspecified atom stereocenters. The minimum Gasteiger partial charge on any atom is -0.266 e. The van der Waals surface area contributed by atoms with Crippen LogP contribution in [0.15, 0.2) is 46.3 Å². The monoisotopic (exact) mass is 345 g/mol. The summed E-state index contributed by atoms with van der Waals surface area (Å²) in [6.07, 6.45) is 1.63. The van der Waals surface area contributed by atoms with Crippen molar-refractivity contribution in [1.82, 2.24) is 14.5 Å². The zero-order chi connectivity index (χ0) is 18.8. The van der Waals surface area contributed by atoms with Gasteiger partial charge < -0.3 is 0 Å². The molecule has 2 heterocycles. The highest BCUT2D eigenvalue weighted by molar-refractivity contribution is 5.82. The van der Waals surface area contributed by atoms with Gasteiger partial charge in [-0.05, 0) is 51.5 Å². The van der Waals surface area contributed by atoms with Gasteiger partial charge in [0.15, 0.2) is 0 Å². The first kappa shape index (κ1) is 17.4. The van der Waals surface area contributed by atoms with E-state index in [9.17, 15) is 10.1 Å². The Labute approximate surface area is 151 Å². The molecule has 0 aliphatic carbocycles. The summed E-state index contributed by atoms with van der Waals surface area (Å²) in [6.45, 7) is 7.40. The third-order valence-electron chi connectivity index (χ3n) is 4.32. The molecule has 0 spiro atoms. The highest BCUT2D eigenvalue weighted by atomic mass is 16.1. The highest BCUT2D eigenvalue weighted by Crippen LogP contribution is 2.16. The number of aromatic nitrogens is 3. The Morgan fingerprint density at radius 3 is 2.50 bits per heavy atom. The summed E-state index contributed by atoms with van der Waals surface area (Å²) in [4.78, 5) is 12.5. The van der Waals surface area contributed by atoms with Crippen LogP contribution in [0.3, 0.4) is 0 Å². The Morgan fingerprint density at radius 1 is 1.15 bits per heavy atom. The number of hydrogen-bond donors (Lipinski definition) is 0. The quantitative estimate of drug-likeness (QED) is 0.685. The predicted octanol–water partition coefficient (Wildman–Crippen LogP) is 3.02. The normalized spacial score (nSPS) is 11.0. The first-order valence-corrected chi connectivity index (χ1v) is 8.23. The lowest BCUT2D eigenvalue weighted by atomic mass is 10.1. The van der Waals surface area contributed by atoms with E-state index in [1.165, 1.54) is 4.68 Å². The molecule has 0 atom stereocenters. The van der Waals surface area contributed by atoms with Gasteiger partial charge in [0.1, 0.15) is 11.6 Å². The average molecular weight is 345 g/mol. The lowest BCUT2D eigenvalue weighted by molar-refractivity contribution is 0.786. The summed E-state index contributed by atoms with van der Waals surface area (Å²) in [5.74, 6) is 0. The molecular formula is C20H19N5O. The zero-order valence-electron chi connectivity index (χ0n) is 15.2. The topological polar surface area (TPSA) is 76.0 Å². The van der Waals surface area contributed by atoms with Crippen molar-refractivity contribution in [2.45, 2.75) is 27.7 Å². The van der Waals surface area contributed by atoms with E-state index in [-0.39, 0.29) is 5.56 Å². The number of benzene rings is 1. The Balaban J connectivity index is 2.08. The molecule has 3 rings (SSSR count). The SMILES string of the molecule is Cc1cc(C)n(N=Cc2c(C)nn(-c3ccccc3)c2C)c(=O)c1C#N. The molecule has 6 heteroatoms. The van der Waals surface area contributed by atoms with Gasteiger partial charge in [0.05, 0.1) is 23.3 Å². The molecule has 1 aromatic carbocycles. The van der Waals surface area contributed by atoms with E-state index >= 15 is 0 Å². The molecule has 0 amide bonds. The van der Waals surface area contributed by atoms with Crippen LogP contribution in [0.5, 0.6) is 0 Å². The fourth-order valence-electron chi connectivity index (χ4n) is 2.94. The smallest absolute Gasteiger partial charge is 0.266 e. The Morgan fingerprint density at radius 2 is 1.85 bits per heavy atom. The number of nitrogens with zero attached hydrogens (tertiary/aromatic N) is 5. The second-order valence-corrected chi connectivity index (χ2v) is 6.15. The van der Waals surface area contributed by atoms with Gasteiger partial charge in [0.25, 0.3) is 5.56 Å². The van der Waals surface area contributed by atoms with E-state index in [0.29, 0.717) is 11.3 Å². The summed E-state index contributed by atoms with van der Waals surface area (Å²) in [5.41, 5.74) is 4.58. The predicted molar refractivity (Wildman–Crippen MR) is 101 cm³/mol. The number of para-hydroxylation sites is 1. The van der Waals surface area contributed by atoms with Crippen molar-refractivity contribution in [3.8, 4) is 11.8 Å². The summed E-state index contributed by atoms with van der Waals surface area (Å²) in [6, 6.07) is 13.6. The van der Waals surface area contributed by atoms with E-state index in [0.717, 1.165) is 22.6 Å². The fraction of sp³-hybridized carbons (Fsp3) is 0.200. The van der Waals surface area contributed by atoms with Crippen LogP contribution in [0, 0.1) is 39.0 Å².